The first kappa shape index (κ1) is 26.1. The van der Waals surface area contributed by atoms with Crippen LogP contribution in [0.5, 0.6) is 0 Å². The number of hydrogen-bond donors (Lipinski definition) is 1. The van der Waals surface area contributed by atoms with Gasteiger partial charge in [0.25, 0.3) is 5.91 Å². The average molecular weight is 498 g/mol. The molecule has 0 bridgehead atoms. The molecular weight excluding hydrogens is 466 g/mol. The van der Waals surface area contributed by atoms with Crippen molar-refractivity contribution < 1.29 is 19.4 Å². The third-order valence-electron chi connectivity index (χ3n) is 5.86. The van der Waals surface area contributed by atoms with Crippen molar-refractivity contribution in [2.24, 2.45) is 0 Å². The number of ether oxygens (including phenoxy) is 1. The molecule has 1 atom stereocenters. The standard InChI is InChI=1S/C30H31N3O4/c1-30(2,36)14-13-23-10-6-12-26(16-23)29(35)33-20-27(37-22-25-11-7-15-31-17-25)19-32(28(34)21-33)18-24-8-4-3-5-9-24/h3-12,15-17,27,36H,18-22H2,1-2H3/t27-/m1/s1. The number of amides is 2. The molecule has 0 unspecified atom stereocenters. The number of aliphatic hydroxyl groups is 1. The van der Waals surface area contributed by atoms with E-state index in [9.17, 15) is 14.7 Å². The number of pyridine rings is 1. The Hall–Kier alpha value is -3.99. The summed E-state index contributed by atoms with van der Waals surface area (Å²) in [5.41, 5.74) is 1.84. The van der Waals surface area contributed by atoms with Crippen molar-refractivity contribution in [3.63, 3.8) is 0 Å². The van der Waals surface area contributed by atoms with E-state index in [0.717, 1.165) is 11.1 Å². The van der Waals surface area contributed by atoms with Crippen LogP contribution < -0.4 is 0 Å². The number of nitrogens with zero attached hydrogens (tertiary/aromatic N) is 3. The number of carbonyl (C=O) groups excluding carboxylic acids is 2. The summed E-state index contributed by atoms with van der Waals surface area (Å²) in [5, 5.41) is 9.91. The number of hydrogen-bond acceptors (Lipinski definition) is 5. The molecule has 2 amide bonds. The van der Waals surface area contributed by atoms with Gasteiger partial charge in [-0.3, -0.25) is 14.6 Å². The number of rotatable bonds is 6. The number of carbonyl (C=O) groups is 2. The molecule has 7 nitrogen and oxygen atoms in total. The van der Waals surface area contributed by atoms with Gasteiger partial charge in [-0.25, -0.2) is 0 Å². The molecule has 1 aliphatic rings. The fraction of sp³-hybridized carbons (Fsp3) is 0.300. The largest absolute Gasteiger partial charge is 0.378 e. The molecule has 4 rings (SSSR count). The molecule has 1 N–H and O–H groups in total. The molecule has 2 heterocycles. The van der Waals surface area contributed by atoms with Gasteiger partial charge in [0.2, 0.25) is 5.91 Å². The van der Waals surface area contributed by atoms with E-state index in [2.05, 4.69) is 16.8 Å². The maximum atomic E-state index is 13.5. The van der Waals surface area contributed by atoms with Crippen LogP contribution in [0.25, 0.3) is 0 Å². The topological polar surface area (TPSA) is 83.0 Å². The first-order chi connectivity index (χ1) is 17.8. The Morgan fingerprint density at radius 3 is 2.59 bits per heavy atom. The summed E-state index contributed by atoms with van der Waals surface area (Å²) in [4.78, 5) is 34.2. The van der Waals surface area contributed by atoms with E-state index < -0.39 is 5.60 Å². The Bertz CT molecular complexity index is 1280. The molecule has 1 aliphatic heterocycles. The lowest BCUT2D eigenvalue weighted by Gasteiger charge is -2.25. The van der Waals surface area contributed by atoms with Crippen molar-refractivity contribution in [2.75, 3.05) is 19.6 Å². The maximum absolute atomic E-state index is 13.5. The van der Waals surface area contributed by atoms with Crippen molar-refractivity contribution >= 4 is 11.8 Å². The normalized spacial score (nSPS) is 16.1. The quantitative estimate of drug-likeness (QED) is 0.529. The smallest absolute Gasteiger partial charge is 0.254 e. The minimum absolute atomic E-state index is 0.0437. The van der Waals surface area contributed by atoms with Gasteiger partial charge in [0.1, 0.15) is 12.1 Å². The summed E-state index contributed by atoms with van der Waals surface area (Å²) in [6.07, 6.45) is 3.07. The Morgan fingerprint density at radius 1 is 1.08 bits per heavy atom. The molecule has 1 fully saturated rings. The Balaban J connectivity index is 1.55. The van der Waals surface area contributed by atoms with Gasteiger partial charge in [0.05, 0.1) is 12.7 Å². The second-order valence-corrected chi connectivity index (χ2v) is 9.63. The molecule has 0 aliphatic carbocycles. The van der Waals surface area contributed by atoms with Crippen LogP contribution in [0, 0.1) is 11.8 Å². The monoisotopic (exact) mass is 497 g/mol. The summed E-state index contributed by atoms with van der Waals surface area (Å²) < 4.78 is 6.20. The zero-order valence-electron chi connectivity index (χ0n) is 21.1. The van der Waals surface area contributed by atoms with E-state index in [-0.39, 0.29) is 31.0 Å². The summed E-state index contributed by atoms with van der Waals surface area (Å²) in [6, 6.07) is 20.5. The zero-order valence-corrected chi connectivity index (χ0v) is 21.1. The third-order valence-corrected chi connectivity index (χ3v) is 5.86. The number of benzene rings is 2. The summed E-state index contributed by atoms with van der Waals surface area (Å²) in [6.45, 7) is 4.57. The van der Waals surface area contributed by atoms with Crippen LogP contribution in [-0.4, -0.2) is 63.0 Å². The fourth-order valence-electron chi connectivity index (χ4n) is 4.03. The third kappa shape index (κ3) is 7.74. The molecule has 1 aromatic heterocycles. The van der Waals surface area contributed by atoms with Gasteiger partial charge in [0.15, 0.2) is 0 Å². The van der Waals surface area contributed by atoms with E-state index in [1.165, 1.54) is 0 Å². The minimum Gasteiger partial charge on any atom is -0.378 e. The lowest BCUT2D eigenvalue weighted by Crippen LogP contribution is -2.39. The SMILES string of the molecule is CC(C)(O)C#Cc1cccc(C(=O)N2CC(=O)N(Cc3ccccc3)C[C@@H](OCc3cccnc3)C2)c1. The average Bonchev–Trinajstić information content (AvgIpc) is 3.05. The van der Waals surface area contributed by atoms with Crippen LogP contribution in [0.15, 0.2) is 79.1 Å². The molecule has 190 valence electrons. The van der Waals surface area contributed by atoms with Crippen LogP contribution in [0.4, 0.5) is 0 Å². The highest BCUT2D eigenvalue weighted by atomic mass is 16.5. The maximum Gasteiger partial charge on any atom is 0.254 e. The van der Waals surface area contributed by atoms with Crippen LogP contribution in [-0.2, 0) is 22.7 Å². The molecule has 0 spiro atoms. The summed E-state index contributed by atoms with van der Waals surface area (Å²) in [7, 11) is 0. The van der Waals surface area contributed by atoms with Crippen molar-refractivity contribution in [1.82, 2.24) is 14.8 Å². The predicted octanol–water partition coefficient (Wildman–Crippen LogP) is 3.27. The molecule has 37 heavy (non-hydrogen) atoms. The minimum atomic E-state index is -1.14. The van der Waals surface area contributed by atoms with Gasteiger partial charge in [-0.15, -0.1) is 0 Å². The zero-order chi connectivity index (χ0) is 26.3. The summed E-state index contributed by atoms with van der Waals surface area (Å²) in [5.74, 6) is 5.27. The van der Waals surface area contributed by atoms with Crippen LogP contribution >= 0.6 is 0 Å². The molecular formula is C30H31N3O4. The molecule has 7 heteroatoms. The highest BCUT2D eigenvalue weighted by Crippen LogP contribution is 2.17. The fourth-order valence-corrected chi connectivity index (χ4v) is 4.03. The van der Waals surface area contributed by atoms with Crippen molar-refractivity contribution in [1.29, 1.82) is 0 Å². The molecule has 0 radical (unpaired) electrons. The van der Waals surface area contributed by atoms with Gasteiger partial charge in [-0.1, -0.05) is 54.3 Å². The van der Waals surface area contributed by atoms with Crippen molar-refractivity contribution in [2.45, 2.75) is 38.7 Å². The molecule has 3 aromatic rings. The van der Waals surface area contributed by atoms with Gasteiger partial charge in [-0.05, 0) is 49.2 Å². The lowest BCUT2D eigenvalue weighted by atomic mass is 10.1. The van der Waals surface area contributed by atoms with E-state index in [1.54, 1.807) is 60.3 Å². The van der Waals surface area contributed by atoms with Crippen LogP contribution in [0.1, 0.15) is 40.9 Å². The van der Waals surface area contributed by atoms with Gasteiger partial charge >= 0.3 is 0 Å². The highest BCUT2D eigenvalue weighted by Gasteiger charge is 2.31. The second-order valence-electron chi connectivity index (χ2n) is 9.63. The van der Waals surface area contributed by atoms with Gasteiger partial charge < -0.3 is 19.6 Å². The lowest BCUT2D eigenvalue weighted by molar-refractivity contribution is -0.132. The van der Waals surface area contributed by atoms with E-state index >= 15 is 0 Å². The number of aromatic nitrogens is 1. The predicted molar refractivity (Wildman–Crippen MR) is 140 cm³/mol. The molecule has 2 aromatic carbocycles. The van der Waals surface area contributed by atoms with Crippen LogP contribution in [0.3, 0.4) is 0 Å². The Kier molecular flexibility index (Phi) is 8.34. The molecule has 0 saturated carbocycles. The Morgan fingerprint density at radius 2 is 1.86 bits per heavy atom. The second kappa shape index (κ2) is 11.8. The van der Waals surface area contributed by atoms with Gasteiger partial charge in [-0.2, -0.15) is 0 Å². The summed E-state index contributed by atoms with van der Waals surface area (Å²) >= 11 is 0. The van der Waals surface area contributed by atoms with Crippen LogP contribution in [0.2, 0.25) is 0 Å². The first-order valence-electron chi connectivity index (χ1n) is 12.2. The van der Waals surface area contributed by atoms with E-state index in [1.807, 2.05) is 42.5 Å². The van der Waals surface area contributed by atoms with E-state index in [0.29, 0.717) is 30.8 Å². The molecule has 1 saturated heterocycles. The van der Waals surface area contributed by atoms with E-state index in [4.69, 9.17) is 4.74 Å². The first-order valence-corrected chi connectivity index (χ1v) is 12.2. The Labute approximate surface area is 217 Å². The van der Waals surface area contributed by atoms with Crippen molar-refractivity contribution in [3.8, 4) is 11.8 Å². The highest BCUT2D eigenvalue weighted by molar-refractivity contribution is 5.97. The van der Waals surface area contributed by atoms with Crippen molar-refractivity contribution in [3.05, 3.63) is 101 Å². The van der Waals surface area contributed by atoms with Gasteiger partial charge in [0, 0.05) is 43.2 Å².